The number of nitriles is 1. The molecule has 3 heterocycles. The van der Waals surface area contributed by atoms with Crippen LogP contribution < -0.4 is 10.3 Å². The van der Waals surface area contributed by atoms with Gasteiger partial charge in [-0.2, -0.15) is 5.26 Å². The van der Waals surface area contributed by atoms with Crippen molar-refractivity contribution in [3.63, 3.8) is 0 Å². The Morgan fingerprint density at radius 3 is 2.80 bits per heavy atom. The molecule has 2 aromatic rings. The SMILES string of the molecule is N#Cc1cc2c(=O)c(C(=O)O)c[nH]c2nc1N1CCC1. The van der Waals surface area contributed by atoms with Gasteiger partial charge < -0.3 is 15.0 Å². The van der Waals surface area contributed by atoms with E-state index in [-0.39, 0.29) is 16.5 Å². The molecule has 0 aromatic carbocycles. The van der Waals surface area contributed by atoms with Gasteiger partial charge in [0.15, 0.2) is 0 Å². The highest BCUT2D eigenvalue weighted by Gasteiger charge is 2.21. The quantitative estimate of drug-likeness (QED) is 0.831. The second kappa shape index (κ2) is 4.35. The molecule has 2 N–H and O–H groups in total. The molecule has 1 saturated heterocycles. The first-order chi connectivity index (χ1) is 9.61. The molecule has 2 aromatic heterocycles. The lowest BCUT2D eigenvalue weighted by atomic mass is 10.1. The number of fused-ring (bicyclic) bond motifs is 1. The molecule has 0 aliphatic carbocycles. The minimum Gasteiger partial charge on any atom is -0.477 e. The van der Waals surface area contributed by atoms with Crippen LogP contribution in [-0.2, 0) is 0 Å². The Balaban J connectivity index is 2.28. The van der Waals surface area contributed by atoms with Crippen LogP contribution in [0.25, 0.3) is 11.0 Å². The Kier molecular flexibility index (Phi) is 2.64. The molecule has 3 rings (SSSR count). The molecule has 0 unspecified atom stereocenters. The fourth-order valence-electron chi connectivity index (χ4n) is 2.15. The molecule has 1 aliphatic heterocycles. The molecule has 20 heavy (non-hydrogen) atoms. The summed E-state index contributed by atoms with van der Waals surface area (Å²) in [5.41, 5.74) is -0.420. The smallest absolute Gasteiger partial charge is 0.341 e. The lowest BCUT2D eigenvalue weighted by Gasteiger charge is -2.32. The molecular formula is C13H10N4O3. The Morgan fingerprint density at radius 1 is 1.50 bits per heavy atom. The molecule has 0 amide bonds. The first-order valence-electron chi connectivity index (χ1n) is 6.06. The van der Waals surface area contributed by atoms with Gasteiger partial charge in [-0.1, -0.05) is 0 Å². The second-order valence-corrected chi connectivity index (χ2v) is 4.54. The number of carbonyl (C=O) groups is 1. The van der Waals surface area contributed by atoms with Gasteiger partial charge in [-0.15, -0.1) is 0 Å². The van der Waals surface area contributed by atoms with Gasteiger partial charge in [-0.3, -0.25) is 4.79 Å². The topological polar surface area (TPSA) is 110 Å². The lowest BCUT2D eigenvalue weighted by Crippen LogP contribution is -2.38. The Hall–Kier alpha value is -2.88. The van der Waals surface area contributed by atoms with Crippen molar-refractivity contribution in [3.05, 3.63) is 33.6 Å². The molecule has 0 saturated carbocycles. The molecule has 100 valence electrons. The zero-order chi connectivity index (χ0) is 14.3. The molecule has 0 radical (unpaired) electrons. The van der Waals surface area contributed by atoms with Crippen molar-refractivity contribution in [1.29, 1.82) is 5.26 Å². The summed E-state index contributed by atoms with van der Waals surface area (Å²) in [6, 6.07) is 3.41. The van der Waals surface area contributed by atoms with Crippen LogP contribution in [0.1, 0.15) is 22.3 Å². The minimum absolute atomic E-state index is 0.116. The van der Waals surface area contributed by atoms with E-state index in [1.54, 1.807) is 0 Å². The molecule has 7 nitrogen and oxygen atoms in total. The highest BCUT2D eigenvalue weighted by Crippen LogP contribution is 2.24. The van der Waals surface area contributed by atoms with Crippen molar-refractivity contribution in [2.24, 2.45) is 0 Å². The summed E-state index contributed by atoms with van der Waals surface area (Å²) in [6.45, 7) is 1.65. The average Bonchev–Trinajstić information content (AvgIpc) is 2.36. The molecular weight excluding hydrogens is 260 g/mol. The zero-order valence-electron chi connectivity index (χ0n) is 10.4. The number of hydrogen-bond acceptors (Lipinski definition) is 5. The van der Waals surface area contributed by atoms with Gasteiger partial charge in [0.05, 0.1) is 10.9 Å². The predicted molar refractivity (Wildman–Crippen MR) is 70.9 cm³/mol. The summed E-state index contributed by atoms with van der Waals surface area (Å²) in [6.07, 6.45) is 2.17. The van der Waals surface area contributed by atoms with Gasteiger partial charge in [0.25, 0.3) is 0 Å². The normalized spacial score (nSPS) is 13.8. The largest absolute Gasteiger partial charge is 0.477 e. The average molecular weight is 270 g/mol. The van der Waals surface area contributed by atoms with Crippen LogP contribution in [0.4, 0.5) is 5.82 Å². The minimum atomic E-state index is -1.31. The van der Waals surface area contributed by atoms with E-state index in [0.29, 0.717) is 11.5 Å². The number of rotatable bonds is 2. The predicted octanol–water partition coefficient (Wildman–Crippen LogP) is 0.703. The van der Waals surface area contributed by atoms with E-state index in [1.807, 2.05) is 11.0 Å². The van der Waals surface area contributed by atoms with Crippen LogP contribution in [-0.4, -0.2) is 34.1 Å². The van der Waals surface area contributed by atoms with Crippen LogP contribution in [0.5, 0.6) is 0 Å². The van der Waals surface area contributed by atoms with Crippen molar-refractivity contribution in [2.45, 2.75) is 6.42 Å². The van der Waals surface area contributed by atoms with Gasteiger partial charge in [0.1, 0.15) is 23.1 Å². The van der Waals surface area contributed by atoms with E-state index >= 15 is 0 Å². The summed E-state index contributed by atoms with van der Waals surface area (Å²) in [5, 5.41) is 18.2. The number of carboxylic acid groups (broad SMARTS) is 1. The first-order valence-corrected chi connectivity index (χ1v) is 6.06. The standard InChI is InChI=1S/C13H10N4O3/c14-5-7-4-8-10(18)9(13(19)20)6-15-11(8)16-12(7)17-2-1-3-17/h4,6H,1-3H2,(H,19,20)(H,15,16,18). The maximum atomic E-state index is 12.0. The van der Waals surface area contributed by atoms with E-state index < -0.39 is 11.4 Å². The number of anilines is 1. The summed E-state index contributed by atoms with van der Waals surface area (Å²) in [4.78, 5) is 31.9. The highest BCUT2D eigenvalue weighted by molar-refractivity contribution is 5.92. The molecule has 0 bridgehead atoms. The van der Waals surface area contributed by atoms with Crippen molar-refractivity contribution in [3.8, 4) is 6.07 Å². The summed E-state index contributed by atoms with van der Waals surface area (Å²) in [7, 11) is 0. The Morgan fingerprint density at radius 2 is 2.25 bits per heavy atom. The lowest BCUT2D eigenvalue weighted by molar-refractivity contribution is 0.0695. The van der Waals surface area contributed by atoms with Gasteiger partial charge in [-0.05, 0) is 12.5 Å². The van der Waals surface area contributed by atoms with E-state index in [2.05, 4.69) is 9.97 Å². The first kappa shape index (κ1) is 12.2. The molecule has 7 heteroatoms. The van der Waals surface area contributed by atoms with E-state index in [0.717, 1.165) is 25.7 Å². The fourth-order valence-corrected chi connectivity index (χ4v) is 2.15. The number of nitrogens with one attached hydrogen (secondary N) is 1. The number of aromatic nitrogens is 2. The zero-order valence-corrected chi connectivity index (χ0v) is 10.4. The number of aromatic amines is 1. The Bertz CT molecular complexity index is 815. The number of H-pyrrole nitrogens is 1. The number of pyridine rings is 2. The van der Waals surface area contributed by atoms with Gasteiger partial charge in [0, 0.05) is 19.3 Å². The van der Waals surface area contributed by atoms with Crippen LogP contribution in [0.3, 0.4) is 0 Å². The number of aromatic carboxylic acids is 1. The van der Waals surface area contributed by atoms with Crippen LogP contribution in [0.15, 0.2) is 17.1 Å². The number of nitrogens with zero attached hydrogens (tertiary/aromatic N) is 3. The Labute approximate surface area is 113 Å². The number of carboxylic acids is 1. The maximum Gasteiger partial charge on any atom is 0.341 e. The molecule has 0 atom stereocenters. The molecule has 1 fully saturated rings. The fraction of sp³-hybridized carbons (Fsp3) is 0.231. The third-order valence-corrected chi connectivity index (χ3v) is 3.35. The third-order valence-electron chi connectivity index (χ3n) is 3.35. The van der Waals surface area contributed by atoms with Gasteiger partial charge in [-0.25, -0.2) is 9.78 Å². The van der Waals surface area contributed by atoms with E-state index in [1.165, 1.54) is 6.07 Å². The summed E-state index contributed by atoms with van der Waals surface area (Å²) >= 11 is 0. The highest BCUT2D eigenvalue weighted by atomic mass is 16.4. The molecule has 1 aliphatic rings. The van der Waals surface area contributed by atoms with Crippen LogP contribution in [0.2, 0.25) is 0 Å². The van der Waals surface area contributed by atoms with E-state index in [4.69, 9.17) is 5.11 Å². The van der Waals surface area contributed by atoms with Crippen molar-refractivity contribution in [2.75, 3.05) is 18.0 Å². The van der Waals surface area contributed by atoms with Gasteiger partial charge in [0.2, 0.25) is 5.43 Å². The number of hydrogen-bond donors (Lipinski definition) is 2. The summed E-state index contributed by atoms with van der Waals surface area (Å²) < 4.78 is 0. The van der Waals surface area contributed by atoms with Crippen molar-refractivity contribution in [1.82, 2.24) is 9.97 Å². The second-order valence-electron chi connectivity index (χ2n) is 4.54. The third kappa shape index (κ3) is 1.70. The van der Waals surface area contributed by atoms with Crippen molar-refractivity contribution >= 4 is 22.8 Å². The van der Waals surface area contributed by atoms with Crippen LogP contribution in [0, 0.1) is 11.3 Å². The monoisotopic (exact) mass is 270 g/mol. The van der Waals surface area contributed by atoms with Gasteiger partial charge >= 0.3 is 5.97 Å². The summed E-state index contributed by atoms with van der Waals surface area (Å²) in [5.74, 6) is -0.775. The van der Waals surface area contributed by atoms with Crippen molar-refractivity contribution < 1.29 is 9.90 Å². The van der Waals surface area contributed by atoms with E-state index in [9.17, 15) is 14.9 Å². The molecule has 0 spiro atoms. The van der Waals surface area contributed by atoms with Crippen LogP contribution >= 0.6 is 0 Å². The maximum absolute atomic E-state index is 12.0.